The van der Waals surface area contributed by atoms with Crippen LogP contribution in [0.3, 0.4) is 0 Å². The van der Waals surface area contributed by atoms with Gasteiger partial charge >= 0.3 is 0 Å². The van der Waals surface area contributed by atoms with E-state index in [-0.39, 0.29) is 27.9 Å². The van der Waals surface area contributed by atoms with Crippen molar-refractivity contribution < 1.29 is 18.0 Å². The van der Waals surface area contributed by atoms with Crippen molar-refractivity contribution in [1.29, 1.82) is 0 Å². The zero-order chi connectivity index (χ0) is 20.5. The number of rotatable bonds is 4. The minimum absolute atomic E-state index is 0.101. The summed E-state index contributed by atoms with van der Waals surface area (Å²) in [5, 5.41) is 10.5. The fraction of sp³-hybridized carbons (Fsp3) is 0.0556. The molecule has 0 atom stereocenters. The zero-order valence-electron chi connectivity index (χ0n) is 14.7. The number of nitrogens with one attached hydrogen (secondary N) is 1. The molecule has 2 heterocycles. The molecule has 0 spiro atoms. The van der Waals surface area contributed by atoms with E-state index in [0.29, 0.717) is 5.69 Å². The van der Waals surface area contributed by atoms with E-state index in [1.165, 1.54) is 18.2 Å². The van der Waals surface area contributed by atoms with Crippen molar-refractivity contribution in [2.75, 3.05) is 5.32 Å². The van der Waals surface area contributed by atoms with Gasteiger partial charge in [-0.15, -0.1) is 5.10 Å². The maximum atomic E-state index is 14.0. The molecule has 0 saturated carbocycles. The van der Waals surface area contributed by atoms with Crippen molar-refractivity contribution >= 4 is 22.6 Å². The smallest absolute Gasteiger partial charge is 0.257 e. The second-order valence-corrected chi connectivity index (χ2v) is 6.67. The van der Waals surface area contributed by atoms with Crippen LogP contribution < -0.4 is 5.32 Å². The molecule has 0 aliphatic heterocycles. The van der Waals surface area contributed by atoms with Gasteiger partial charge < -0.3 is 0 Å². The third-order valence-electron chi connectivity index (χ3n) is 3.98. The fourth-order valence-corrected chi connectivity index (χ4v) is 3.15. The van der Waals surface area contributed by atoms with Crippen molar-refractivity contribution in [3.8, 4) is 17.2 Å². The average Bonchev–Trinajstić information content (AvgIpc) is 3.30. The summed E-state index contributed by atoms with van der Waals surface area (Å²) in [5.41, 5.74) is 0.660. The molecule has 0 radical (unpaired) electrons. The van der Waals surface area contributed by atoms with Crippen LogP contribution in [-0.2, 0) is 0 Å². The van der Waals surface area contributed by atoms with Crippen LogP contribution in [0.1, 0.15) is 16.1 Å². The van der Waals surface area contributed by atoms with Crippen LogP contribution in [0.15, 0.2) is 42.5 Å². The number of benzene rings is 2. The number of amides is 1. The Balaban J connectivity index is 1.60. The molecule has 0 fully saturated rings. The van der Waals surface area contributed by atoms with Gasteiger partial charge in [0.2, 0.25) is 5.13 Å². The SMILES string of the molecule is Cc1c(-c2nsc(NC(=O)c3cccc(F)c3)n2)nnn1-c1cc(F)ccc1F. The predicted octanol–water partition coefficient (Wildman–Crippen LogP) is 3.76. The lowest BCUT2D eigenvalue weighted by Gasteiger charge is -2.04. The molecule has 7 nitrogen and oxygen atoms in total. The Kier molecular flexibility index (Phi) is 4.80. The quantitative estimate of drug-likeness (QED) is 0.548. The Hall–Kier alpha value is -3.60. The standard InChI is InChI=1S/C18H11F3N6OS/c1-9-15(24-26-27(9)14-8-12(20)5-6-13(14)21)16-22-18(29-25-16)23-17(28)10-3-2-4-11(19)7-10/h2-8H,1H3,(H,22,23,25,28). The van der Waals surface area contributed by atoms with E-state index in [1.54, 1.807) is 6.92 Å². The van der Waals surface area contributed by atoms with Crippen LogP contribution in [0.4, 0.5) is 18.3 Å². The summed E-state index contributed by atoms with van der Waals surface area (Å²) in [6, 6.07) is 8.20. The van der Waals surface area contributed by atoms with Crippen LogP contribution >= 0.6 is 11.5 Å². The van der Waals surface area contributed by atoms with Crippen molar-refractivity contribution in [3.05, 3.63) is 71.2 Å². The average molecular weight is 416 g/mol. The second-order valence-electron chi connectivity index (χ2n) is 5.92. The van der Waals surface area contributed by atoms with Gasteiger partial charge in [-0.05, 0) is 37.3 Å². The number of carbonyl (C=O) groups excluding carboxylic acids is 1. The lowest BCUT2D eigenvalue weighted by atomic mass is 10.2. The van der Waals surface area contributed by atoms with Crippen LogP contribution in [0.25, 0.3) is 17.2 Å². The first-order valence-electron chi connectivity index (χ1n) is 8.21. The Morgan fingerprint density at radius 2 is 1.90 bits per heavy atom. The summed E-state index contributed by atoms with van der Waals surface area (Å²) in [6.45, 7) is 1.60. The van der Waals surface area contributed by atoms with Crippen LogP contribution in [0, 0.1) is 24.4 Å². The van der Waals surface area contributed by atoms with Gasteiger partial charge in [0.25, 0.3) is 5.91 Å². The summed E-state index contributed by atoms with van der Waals surface area (Å²) in [7, 11) is 0. The van der Waals surface area contributed by atoms with Gasteiger partial charge in [-0.1, -0.05) is 11.3 Å². The molecule has 0 unspecified atom stereocenters. The second kappa shape index (κ2) is 7.43. The molecule has 0 saturated heterocycles. The highest BCUT2D eigenvalue weighted by atomic mass is 32.1. The predicted molar refractivity (Wildman–Crippen MR) is 99.3 cm³/mol. The number of hydrogen-bond acceptors (Lipinski definition) is 6. The van der Waals surface area contributed by atoms with Gasteiger partial charge in [0.05, 0.1) is 5.69 Å². The van der Waals surface area contributed by atoms with Gasteiger partial charge in [-0.2, -0.15) is 9.36 Å². The third-order valence-corrected chi connectivity index (χ3v) is 4.61. The van der Waals surface area contributed by atoms with Gasteiger partial charge in [0.15, 0.2) is 11.5 Å². The molecule has 146 valence electrons. The van der Waals surface area contributed by atoms with Crippen LogP contribution in [-0.4, -0.2) is 30.3 Å². The molecular formula is C18H11F3N6OS. The van der Waals surface area contributed by atoms with E-state index >= 15 is 0 Å². The molecule has 11 heteroatoms. The van der Waals surface area contributed by atoms with Crippen molar-refractivity contribution in [3.63, 3.8) is 0 Å². The molecular weight excluding hydrogens is 405 g/mol. The van der Waals surface area contributed by atoms with E-state index in [4.69, 9.17) is 0 Å². The number of halogens is 3. The van der Waals surface area contributed by atoms with Crippen molar-refractivity contribution in [1.82, 2.24) is 24.4 Å². The minimum Gasteiger partial charge on any atom is -0.297 e. The number of hydrogen-bond donors (Lipinski definition) is 1. The molecule has 2 aromatic carbocycles. The Bertz CT molecular complexity index is 1220. The van der Waals surface area contributed by atoms with Gasteiger partial charge in [0.1, 0.15) is 23.1 Å². The molecule has 1 N–H and O–H groups in total. The first kappa shape index (κ1) is 18.7. The number of anilines is 1. The summed E-state index contributed by atoms with van der Waals surface area (Å²) >= 11 is 0.893. The molecule has 29 heavy (non-hydrogen) atoms. The maximum Gasteiger partial charge on any atom is 0.257 e. The number of carbonyl (C=O) groups is 1. The van der Waals surface area contributed by atoms with Crippen LogP contribution in [0.5, 0.6) is 0 Å². The number of nitrogens with zero attached hydrogens (tertiary/aromatic N) is 5. The third kappa shape index (κ3) is 3.72. The topological polar surface area (TPSA) is 85.6 Å². The molecule has 2 aromatic heterocycles. The molecule has 4 rings (SSSR count). The summed E-state index contributed by atoms with van der Waals surface area (Å²) < 4.78 is 46.0. The molecule has 1 amide bonds. The highest BCUT2D eigenvalue weighted by Crippen LogP contribution is 2.25. The lowest BCUT2D eigenvalue weighted by Crippen LogP contribution is -2.11. The summed E-state index contributed by atoms with van der Waals surface area (Å²) in [6.07, 6.45) is 0. The highest BCUT2D eigenvalue weighted by molar-refractivity contribution is 7.10. The fourth-order valence-electron chi connectivity index (χ4n) is 2.58. The molecule has 0 aliphatic carbocycles. The van der Waals surface area contributed by atoms with E-state index in [0.717, 1.165) is 40.5 Å². The highest BCUT2D eigenvalue weighted by Gasteiger charge is 2.19. The lowest BCUT2D eigenvalue weighted by molar-refractivity contribution is 0.102. The first-order chi connectivity index (χ1) is 13.9. The van der Waals surface area contributed by atoms with E-state index < -0.39 is 23.4 Å². The number of aromatic nitrogens is 5. The van der Waals surface area contributed by atoms with Gasteiger partial charge in [-0.3, -0.25) is 10.1 Å². The maximum absolute atomic E-state index is 14.0. The van der Waals surface area contributed by atoms with E-state index in [9.17, 15) is 18.0 Å². The van der Waals surface area contributed by atoms with Crippen molar-refractivity contribution in [2.24, 2.45) is 0 Å². The Morgan fingerprint density at radius 1 is 1.10 bits per heavy atom. The molecule has 4 aromatic rings. The summed E-state index contributed by atoms with van der Waals surface area (Å²) in [5.74, 6) is -2.21. The minimum atomic E-state index is -0.666. The molecule has 0 bridgehead atoms. The van der Waals surface area contributed by atoms with Crippen LogP contribution in [0.2, 0.25) is 0 Å². The van der Waals surface area contributed by atoms with E-state index in [2.05, 4.69) is 25.0 Å². The zero-order valence-corrected chi connectivity index (χ0v) is 15.5. The summed E-state index contributed by atoms with van der Waals surface area (Å²) in [4.78, 5) is 16.4. The van der Waals surface area contributed by atoms with Gasteiger partial charge in [0, 0.05) is 23.2 Å². The largest absolute Gasteiger partial charge is 0.297 e. The van der Waals surface area contributed by atoms with Gasteiger partial charge in [-0.25, -0.2) is 17.9 Å². The first-order valence-corrected chi connectivity index (χ1v) is 8.98. The normalized spacial score (nSPS) is 10.9. The van der Waals surface area contributed by atoms with E-state index in [1.807, 2.05) is 0 Å². The molecule has 0 aliphatic rings. The Labute approximate surface area is 166 Å². The van der Waals surface area contributed by atoms with Crippen molar-refractivity contribution in [2.45, 2.75) is 6.92 Å². The monoisotopic (exact) mass is 416 g/mol. The Morgan fingerprint density at radius 3 is 2.69 bits per heavy atom.